The summed E-state index contributed by atoms with van der Waals surface area (Å²) in [5.74, 6) is 0.0612. The minimum absolute atomic E-state index is 0.101. The number of nitrogens with one attached hydrogen (secondary N) is 2. The van der Waals surface area contributed by atoms with Crippen LogP contribution >= 0.6 is 0 Å². The van der Waals surface area contributed by atoms with Gasteiger partial charge in [0.25, 0.3) is 0 Å². The molecule has 1 aromatic rings. The number of carbonyl (C=O) groups is 2. The maximum atomic E-state index is 12.1. The van der Waals surface area contributed by atoms with Gasteiger partial charge in [-0.25, -0.2) is 0 Å². The van der Waals surface area contributed by atoms with E-state index >= 15 is 0 Å². The Morgan fingerprint density at radius 1 is 1.33 bits per heavy atom. The molecule has 1 aliphatic carbocycles. The van der Waals surface area contributed by atoms with Crippen molar-refractivity contribution in [1.29, 1.82) is 0 Å². The second-order valence-corrected chi connectivity index (χ2v) is 5.68. The van der Waals surface area contributed by atoms with E-state index in [2.05, 4.69) is 10.6 Å². The van der Waals surface area contributed by atoms with Crippen molar-refractivity contribution in [2.24, 2.45) is 11.7 Å². The van der Waals surface area contributed by atoms with Gasteiger partial charge in [-0.2, -0.15) is 0 Å². The van der Waals surface area contributed by atoms with E-state index in [1.165, 1.54) is 0 Å². The van der Waals surface area contributed by atoms with Crippen LogP contribution in [0.15, 0.2) is 24.3 Å². The molecule has 0 saturated heterocycles. The zero-order valence-corrected chi connectivity index (χ0v) is 12.4. The smallest absolute Gasteiger partial charge is 0.236 e. The van der Waals surface area contributed by atoms with Gasteiger partial charge in [-0.05, 0) is 37.5 Å². The van der Waals surface area contributed by atoms with Crippen LogP contribution in [0.2, 0.25) is 0 Å². The Morgan fingerprint density at radius 3 is 2.71 bits per heavy atom. The monoisotopic (exact) mass is 289 g/mol. The van der Waals surface area contributed by atoms with Crippen molar-refractivity contribution in [2.45, 2.75) is 45.2 Å². The number of nitrogens with two attached hydrogens (primary N) is 1. The van der Waals surface area contributed by atoms with E-state index in [9.17, 15) is 9.59 Å². The summed E-state index contributed by atoms with van der Waals surface area (Å²) in [7, 11) is 0. The molecule has 21 heavy (non-hydrogen) atoms. The average molecular weight is 289 g/mol. The first kappa shape index (κ1) is 15.5. The van der Waals surface area contributed by atoms with Gasteiger partial charge < -0.3 is 16.4 Å². The van der Waals surface area contributed by atoms with E-state index in [0.29, 0.717) is 6.54 Å². The van der Waals surface area contributed by atoms with E-state index < -0.39 is 6.04 Å². The first-order chi connectivity index (χ1) is 10.1. The highest BCUT2D eigenvalue weighted by molar-refractivity contribution is 5.92. The molecular weight excluding hydrogens is 266 g/mol. The average Bonchev–Trinajstić information content (AvgIpc) is 2.99. The quantitative estimate of drug-likeness (QED) is 0.772. The molecule has 114 valence electrons. The van der Waals surface area contributed by atoms with Crippen LogP contribution < -0.4 is 16.4 Å². The summed E-state index contributed by atoms with van der Waals surface area (Å²) in [4.78, 5) is 23.5. The van der Waals surface area contributed by atoms with Crippen molar-refractivity contribution in [1.82, 2.24) is 5.32 Å². The fraction of sp³-hybridized carbons (Fsp3) is 0.500. The third-order valence-electron chi connectivity index (χ3n) is 3.80. The van der Waals surface area contributed by atoms with Gasteiger partial charge in [-0.1, -0.05) is 25.0 Å². The van der Waals surface area contributed by atoms with Crippen LogP contribution in [-0.4, -0.2) is 17.9 Å². The third kappa shape index (κ3) is 4.56. The highest BCUT2D eigenvalue weighted by atomic mass is 16.2. The standard InChI is InChI=1S/C16H23N3O2/c1-11(17)15(20)18-10-12-5-4-8-14(9-12)19-16(21)13-6-2-3-7-13/h4-5,8-9,11,13H,2-3,6-7,10,17H2,1H3,(H,18,20)(H,19,21)/t11-/m0/s1. The van der Waals surface area contributed by atoms with Crippen molar-refractivity contribution in [2.75, 3.05) is 5.32 Å². The Morgan fingerprint density at radius 2 is 2.05 bits per heavy atom. The summed E-state index contributed by atoms with van der Waals surface area (Å²) in [5, 5.41) is 5.72. The van der Waals surface area contributed by atoms with E-state index in [0.717, 1.165) is 36.9 Å². The Bertz CT molecular complexity index is 508. The second-order valence-electron chi connectivity index (χ2n) is 5.68. The molecule has 1 atom stereocenters. The lowest BCUT2D eigenvalue weighted by Gasteiger charge is -2.12. The molecule has 0 aromatic heterocycles. The summed E-state index contributed by atoms with van der Waals surface area (Å²) in [5.41, 5.74) is 7.21. The molecule has 0 aliphatic heterocycles. The Kier molecular flexibility index (Phi) is 5.33. The van der Waals surface area contributed by atoms with Gasteiger partial charge in [0, 0.05) is 18.2 Å². The van der Waals surface area contributed by atoms with Crippen molar-refractivity contribution in [3.8, 4) is 0 Å². The number of hydrogen-bond donors (Lipinski definition) is 3. The summed E-state index contributed by atoms with van der Waals surface area (Å²) >= 11 is 0. The molecule has 0 radical (unpaired) electrons. The molecule has 5 nitrogen and oxygen atoms in total. The molecule has 2 rings (SSSR count). The topological polar surface area (TPSA) is 84.2 Å². The predicted molar refractivity (Wildman–Crippen MR) is 82.5 cm³/mol. The summed E-state index contributed by atoms with van der Waals surface area (Å²) in [6, 6.07) is 7.01. The zero-order valence-electron chi connectivity index (χ0n) is 12.4. The van der Waals surface area contributed by atoms with Crippen LogP contribution in [-0.2, 0) is 16.1 Å². The Balaban J connectivity index is 1.91. The minimum atomic E-state index is -0.518. The molecule has 1 aromatic carbocycles. The third-order valence-corrected chi connectivity index (χ3v) is 3.80. The Hall–Kier alpha value is -1.88. The summed E-state index contributed by atoms with van der Waals surface area (Å²) in [6.07, 6.45) is 4.24. The van der Waals surface area contributed by atoms with Crippen molar-refractivity contribution in [3.05, 3.63) is 29.8 Å². The van der Waals surface area contributed by atoms with Crippen molar-refractivity contribution >= 4 is 17.5 Å². The van der Waals surface area contributed by atoms with Gasteiger partial charge in [0.05, 0.1) is 6.04 Å². The number of benzene rings is 1. The molecule has 1 saturated carbocycles. The van der Waals surface area contributed by atoms with Crippen LogP contribution in [0, 0.1) is 5.92 Å². The first-order valence-corrected chi connectivity index (χ1v) is 7.49. The molecule has 1 aliphatic rings. The van der Waals surface area contributed by atoms with Crippen LogP contribution in [0.1, 0.15) is 38.2 Å². The lowest BCUT2D eigenvalue weighted by Crippen LogP contribution is -2.37. The molecule has 0 spiro atoms. The zero-order chi connectivity index (χ0) is 15.2. The first-order valence-electron chi connectivity index (χ1n) is 7.49. The number of anilines is 1. The SMILES string of the molecule is C[C@H](N)C(=O)NCc1cccc(NC(=O)C2CCCC2)c1. The molecular formula is C16H23N3O2. The lowest BCUT2D eigenvalue weighted by atomic mass is 10.1. The van der Waals surface area contributed by atoms with Crippen molar-refractivity contribution in [3.63, 3.8) is 0 Å². The fourth-order valence-corrected chi connectivity index (χ4v) is 2.54. The van der Waals surface area contributed by atoms with Crippen molar-refractivity contribution < 1.29 is 9.59 Å². The second kappa shape index (κ2) is 7.22. The minimum Gasteiger partial charge on any atom is -0.351 e. The van der Waals surface area contributed by atoms with E-state index in [1.807, 2.05) is 24.3 Å². The van der Waals surface area contributed by atoms with Gasteiger partial charge >= 0.3 is 0 Å². The highest BCUT2D eigenvalue weighted by Gasteiger charge is 2.22. The van der Waals surface area contributed by atoms with Gasteiger partial charge in [0.1, 0.15) is 0 Å². The van der Waals surface area contributed by atoms with E-state index in [-0.39, 0.29) is 17.7 Å². The highest BCUT2D eigenvalue weighted by Crippen LogP contribution is 2.26. The number of hydrogen-bond acceptors (Lipinski definition) is 3. The molecule has 0 bridgehead atoms. The lowest BCUT2D eigenvalue weighted by molar-refractivity contribution is -0.122. The molecule has 0 unspecified atom stereocenters. The fourth-order valence-electron chi connectivity index (χ4n) is 2.54. The van der Waals surface area contributed by atoms with Crippen LogP contribution in [0.5, 0.6) is 0 Å². The summed E-state index contributed by atoms with van der Waals surface area (Å²) in [6.45, 7) is 2.06. The van der Waals surface area contributed by atoms with Gasteiger partial charge in [0.15, 0.2) is 0 Å². The molecule has 4 N–H and O–H groups in total. The van der Waals surface area contributed by atoms with E-state index in [1.54, 1.807) is 6.92 Å². The predicted octanol–water partition coefficient (Wildman–Crippen LogP) is 1.78. The number of amides is 2. The molecule has 1 fully saturated rings. The summed E-state index contributed by atoms with van der Waals surface area (Å²) < 4.78 is 0. The van der Waals surface area contributed by atoms with Crippen LogP contribution in [0.25, 0.3) is 0 Å². The maximum absolute atomic E-state index is 12.1. The molecule has 2 amide bonds. The van der Waals surface area contributed by atoms with Gasteiger partial charge in [0.2, 0.25) is 11.8 Å². The normalized spacial score (nSPS) is 16.5. The molecule has 0 heterocycles. The number of rotatable bonds is 5. The van der Waals surface area contributed by atoms with Gasteiger partial charge in [-0.15, -0.1) is 0 Å². The van der Waals surface area contributed by atoms with Gasteiger partial charge in [-0.3, -0.25) is 9.59 Å². The van der Waals surface area contributed by atoms with Crippen LogP contribution in [0.4, 0.5) is 5.69 Å². The largest absolute Gasteiger partial charge is 0.351 e. The maximum Gasteiger partial charge on any atom is 0.236 e. The molecule has 5 heteroatoms. The van der Waals surface area contributed by atoms with Crippen LogP contribution in [0.3, 0.4) is 0 Å². The Labute approximate surface area is 125 Å². The van der Waals surface area contributed by atoms with E-state index in [4.69, 9.17) is 5.73 Å². The number of carbonyl (C=O) groups excluding carboxylic acids is 2.